The van der Waals surface area contributed by atoms with Gasteiger partial charge in [0.1, 0.15) is 0 Å². The van der Waals surface area contributed by atoms with Gasteiger partial charge in [-0.05, 0) is 0 Å². The molecule has 1 radical (unpaired) electrons. The lowest BCUT2D eigenvalue weighted by Gasteiger charge is -1.94. The number of alkyl halides is 3. The van der Waals surface area contributed by atoms with Crippen molar-refractivity contribution in [3.63, 3.8) is 0 Å². The fourth-order valence-electron chi connectivity index (χ4n) is 0.107. The van der Waals surface area contributed by atoms with Crippen LogP contribution in [0.25, 0.3) is 0 Å². The van der Waals surface area contributed by atoms with Crippen molar-refractivity contribution in [2.75, 3.05) is 18.9 Å². The van der Waals surface area contributed by atoms with Crippen molar-refractivity contribution in [2.24, 2.45) is 0 Å². The van der Waals surface area contributed by atoms with E-state index < -0.39 is 27.7 Å². The molecular weight excluding hydrogens is 121 g/mol. The van der Waals surface area contributed by atoms with Crippen LogP contribution in [0.1, 0.15) is 0 Å². The van der Waals surface area contributed by atoms with E-state index in [9.17, 15) is 13.2 Å². The Balaban J connectivity index is 2.99. The normalized spacial score (nSPS) is 10.3. The molecule has 0 heterocycles. The van der Waals surface area contributed by atoms with Crippen LogP contribution in [0, 0.1) is 0 Å². The topological polar surface area (TPSA) is 0 Å². The molecule has 0 saturated heterocycles. The van der Waals surface area contributed by atoms with Crippen LogP contribution in [0.5, 0.6) is 0 Å². The summed E-state index contributed by atoms with van der Waals surface area (Å²) < 4.78 is 33.7. The minimum atomic E-state index is -1.86. The van der Waals surface area contributed by atoms with Crippen LogP contribution in [-0.4, -0.2) is 27.7 Å². The Morgan fingerprint density at radius 2 is 1.14 bits per heavy atom. The molecule has 0 aromatic heterocycles. The SMILES string of the molecule is FC[Si](CF)CF. The highest BCUT2D eigenvalue weighted by Gasteiger charge is 2.08. The first kappa shape index (κ1) is 7.01. The van der Waals surface area contributed by atoms with E-state index in [-0.39, 0.29) is 0 Å². The van der Waals surface area contributed by atoms with Gasteiger partial charge in [-0.15, -0.1) is 0 Å². The Morgan fingerprint density at radius 1 is 0.857 bits per heavy atom. The third-order valence-electron chi connectivity index (χ3n) is 0.567. The van der Waals surface area contributed by atoms with Gasteiger partial charge in [0.15, 0.2) is 8.80 Å². The summed E-state index contributed by atoms with van der Waals surface area (Å²) in [6.07, 6.45) is -2.38. The fraction of sp³-hybridized carbons (Fsp3) is 1.00. The van der Waals surface area contributed by atoms with E-state index in [4.69, 9.17) is 0 Å². The molecule has 0 bridgehead atoms. The van der Waals surface area contributed by atoms with E-state index in [2.05, 4.69) is 0 Å². The van der Waals surface area contributed by atoms with Crippen LogP contribution in [0.3, 0.4) is 0 Å². The Bertz CT molecular complexity index is 31.7. The molecule has 0 rings (SSSR count). The van der Waals surface area contributed by atoms with Crippen molar-refractivity contribution in [2.45, 2.75) is 0 Å². The molecule has 0 amide bonds. The maximum Gasteiger partial charge on any atom is 0.163 e. The zero-order valence-electron chi connectivity index (χ0n) is 3.76. The predicted molar refractivity (Wildman–Crippen MR) is 23.7 cm³/mol. The molecule has 4 heteroatoms. The molecule has 0 aromatic rings. The van der Waals surface area contributed by atoms with E-state index in [0.717, 1.165) is 0 Å². The molecule has 0 spiro atoms. The van der Waals surface area contributed by atoms with Gasteiger partial charge in [0.2, 0.25) is 0 Å². The van der Waals surface area contributed by atoms with Gasteiger partial charge in [0, 0.05) is 0 Å². The molecule has 0 aromatic carbocycles. The first-order valence-electron chi connectivity index (χ1n) is 1.86. The smallest absolute Gasteiger partial charge is 0.163 e. The molecule has 43 valence electrons. The Kier molecular flexibility index (Phi) is 4.18. The second-order valence-corrected chi connectivity index (χ2v) is 3.45. The average molecular weight is 127 g/mol. The zero-order valence-corrected chi connectivity index (χ0v) is 4.76. The van der Waals surface area contributed by atoms with E-state index in [1.54, 1.807) is 0 Å². The van der Waals surface area contributed by atoms with Gasteiger partial charge in [-0.1, -0.05) is 0 Å². The van der Waals surface area contributed by atoms with Gasteiger partial charge < -0.3 is 0 Å². The molecule has 0 nitrogen and oxygen atoms in total. The van der Waals surface area contributed by atoms with Crippen LogP contribution < -0.4 is 0 Å². The van der Waals surface area contributed by atoms with Crippen LogP contribution in [0.2, 0.25) is 0 Å². The van der Waals surface area contributed by atoms with Gasteiger partial charge in [-0.2, -0.15) is 0 Å². The Labute approximate surface area is 41.9 Å². The summed E-state index contributed by atoms with van der Waals surface area (Å²) in [4.78, 5) is 0. The third kappa shape index (κ3) is 2.67. The third-order valence-corrected chi connectivity index (χ3v) is 1.70. The van der Waals surface area contributed by atoms with Crippen molar-refractivity contribution in [1.82, 2.24) is 0 Å². The predicted octanol–water partition coefficient (Wildman–Crippen LogP) is 1.01. The molecule has 0 atom stereocenters. The van der Waals surface area contributed by atoms with Crippen LogP contribution >= 0.6 is 0 Å². The largest absolute Gasteiger partial charge is 0.255 e. The highest BCUT2D eigenvalue weighted by atomic mass is 28.3. The quantitative estimate of drug-likeness (QED) is 0.496. The van der Waals surface area contributed by atoms with Crippen LogP contribution in [-0.2, 0) is 0 Å². The van der Waals surface area contributed by atoms with Gasteiger partial charge in [0.05, 0.1) is 18.9 Å². The fourth-order valence-corrected chi connectivity index (χ4v) is 0.321. The van der Waals surface area contributed by atoms with Crippen molar-refractivity contribution in [3.05, 3.63) is 0 Å². The number of rotatable bonds is 3. The van der Waals surface area contributed by atoms with Crippen LogP contribution in [0.4, 0.5) is 13.2 Å². The summed E-state index contributed by atoms with van der Waals surface area (Å²) in [5.74, 6) is 0. The molecule has 7 heavy (non-hydrogen) atoms. The molecule has 0 fully saturated rings. The van der Waals surface area contributed by atoms with Crippen molar-refractivity contribution < 1.29 is 13.2 Å². The number of hydrogen-bond donors (Lipinski definition) is 0. The second-order valence-electron chi connectivity index (χ2n) is 1.15. The molecular formula is C3H6F3Si. The van der Waals surface area contributed by atoms with Crippen molar-refractivity contribution in [1.29, 1.82) is 0 Å². The van der Waals surface area contributed by atoms with Gasteiger partial charge in [-0.25, -0.2) is 0 Å². The number of halogens is 3. The van der Waals surface area contributed by atoms with E-state index >= 15 is 0 Å². The lowest BCUT2D eigenvalue weighted by molar-refractivity contribution is 0.510. The summed E-state index contributed by atoms with van der Waals surface area (Å²) in [6, 6.07) is 0. The molecule has 0 unspecified atom stereocenters. The lowest BCUT2D eigenvalue weighted by Crippen LogP contribution is -2.22. The van der Waals surface area contributed by atoms with Crippen LogP contribution in [0.15, 0.2) is 0 Å². The monoisotopic (exact) mass is 127 g/mol. The first-order chi connectivity index (χ1) is 3.35. The summed E-state index contributed by atoms with van der Waals surface area (Å²) in [5, 5.41) is 0. The Hall–Kier alpha value is 0.00688. The van der Waals surface area contributed by atoms with E-state index in [0.29, 0.717) is 0 Å². The standard InChI is InChI=1S/C3H6F3Si/c4-1-7(2-5)3-6/h1-3H2. The van der Waals surface area contributed by atoms with Crippen molar-refractivity contribution >= 4 is 8.80 Å². The molecule has 0 aliphatic heterocycles. The van der Waals surface area contributed by atoms with Gasteiger partial charge in [-0.3, -0.25) is 13.2 Å². The maximum atomic E-state index is 11.2. The molecule has 0 aliphatic carbocycles. The minimum absolute atomic E-state index is 0.794. The highest BCUT2D eigenvalue weighted by molar-refractivity contribution is 6.58. The summed E-state index contributed by atoms with van der Waals surface area (Å²) >= 11 is 0. The molecule has 0 aliphatic rings. The Morgan fingerprint density at radius 3 is 1.14 bits per heavy atom. The summed E-state index contributed by atoms with van der Waals surface area (Å²) in [5.41, 5.74) is 0. The van der Waals surface area contributed by atoms with E-state index in [1.165, 1.54) is 0 Å². The second kappa shape index (κ2) is 4.17. The maximum absolute atomic E-state index is 11.2. The highest BCUT2D eigenvalue weighted by Crippen LogP contribution is 1.85. The summed E-state index contributed by atoms with van der Waals surface area (Å²) in [6.45, 7) is 0. The average Bonchev–Trinajstić information content (AvgIpc) is 1.72. The lowest BCUT2D eigenvalue weighted by atomic mass is 11.7. The van der Waals surface area contributed by atoms with Gasteiger partial charge in [0.25, 0.3) is 0 Å². The zero-order chi connectivity index (χ0) is 5.70. The molecule has 0 N–H and O–H groups in total. The molecule has 0 saturated carbocycles. The summed E-state index contributed by atoms with van der Waals surface area (Å²) in [7, 11) is -1.86. The van der Waals surface area contributed by atoms with Gasteiger partial charge >= 0.3 is 0 Å². The number of hydrogen-bond acceptors (Lipinski definition) is 0. The van der Waals surface area contributed by atoms with Crippen molar-refractivity contribution in [3.8, 4) is 0 Å². The minimum Gasteiger partial charge on any atom is -0.255 e. The first-order valence-corrected chi connectivity index (χ1v) is 3.98. The van der Waals surface area contributed by atoms with E-state index in [1.807, 2.05) is 0 Å².